The van der Waals surface area contributed by atoms with Crippen LogP contribution in [0, 0.1) is 6.92 Å². The van der Waals surface area contributed by atoms with Crippen LogP contribution in [-0.4, -0.2) is 15.9 Å². The lowest BCUT2D eigenvalue weighted by molar-refractivity contribution is -0.116. The molecule has 0 radical (unpaired) electrons. The van der Waals surface area contributed by atoms with E-state index in [1.165, 1.54) is 0 Å². The van der Waals surface area contributed by atoms with E-state index in [9.17, 15) is 4.79 Å². The minimum Gasteiger partial charge on any atom is -0.353 e. The molecule has 0 bridgehead atoms. The lowest BCUT2D eigenvalue weighted by Crippen LogP contribution is -2.12. The van der Waals surface area contributed by atoms with Gasteiger partial charge in [0.25, 0.3) is 0 Å². The van der Waals surface area contributed by atoms with Gasteiger partial charge >= 0.3 is 0 Å². The molecule has 4 rings (SSSR count). The molecule has 0 atom stereocenters. The lowest BCUT2D eigenvalue weighted by atomic mass is 10.0. The van der Waals surface area contributed by atoms with Gasteiger partial charge in [-0.3, -0.25) is 9.78 Å². The Kier molecular flexibility index (Phi) is 5.63. The fourth-order valence-corrected chi connectivity index (χ4v) is 3.73. The maximum absolute atomic E-state index is 12.4. The molecule has 2 heterocycles. The molecule has 0 spiro atoms. The Hall–Kier alpha value is -3.11. The Morgan fingerprint density at radius 1 is 1.10 bits per heavy atom. The van der Waals surface area contributed by atoms with E-state index in [-0.39, 0.29) is 5.91 Å². The minimum absolute atomic E-state index is 0.0246. The number of aromatic amines is 1. The Morgan fingerprint density at radius 2 is 1.93 bits per heavy atom. The fourth-order valence-electron chi connectivity index (χ4n) is 3.56. The van der Waals surface area contributed by atoms with Crippen LogP contribution >= 0.6 is 11.6 Å². The molecule has 0 fully saturated rings. The monoisotopic (exact) mass is 403 g/mol. The van der Waals surface area contributed by atoms with Crippen molar-refractivity contribution in [1.82, 2.24) is 9.97 Å². The third kappa shape index (κ3) is 4.33. The fraction of sp³-hybridized carbons (Fsp3) is 0.167. The van der Waals surface area contributed by atoms with Crippen LogP contribution in [0.2, 0.25) is 5.02 Å². The van der Waals surface area contributed by atoms with Gasteiger partial charge in [0.15, 0.2) is 0 Å². The predicted molar refractivity (Wildman–Crippen MR) is 119 cm³/mol. The van der Waals surface area contributed by atoms with E-state index in [1.807, 2.05) is 67.6 Å². The lowest BCUT2D eigenvalue weighted by Gasteiger charge is -2.08. The van der Waals surface area contributed by atoms with Crippen molar-refractivity contribution in [2.75, 3.05) is 5.32 Å². The van der Waals surface area contributed by atoms with Gasteiger partial charge in [0.2, 0.25) is 5.91 Å². The van der Waals surface area contributed by atoms with E-state index in [2.05, 4.69) is 15.3 Å². The number of benzene rings is 2. The van der Waals surface area contributed by atoms with Gasteiger partial charge in [-0.2, -0.15) is 0 Å². The normalized spacial score (nSPS) is 11.0. The van der Waals surface area contributed by atoms with Crippen LogP contribution in [0.3, 0.4) is 0 Å². The van der Waals surface area contributed by atoms with Gasteiger partial charge in [-0.05, 0) is 67.3 Å². The van der Waals surface area contributed by atoms with Gasteiger partial charge < -0.3 is 10.3 Å². The van der Waals surface area contributed by atoms with Crippen LogP contribution in [-0.2, 0) is 11.2 Å². The number of hydrogen-bond acceptors (Lipinski definition) is 2. The maximum Gasteiger partial charge on any atom is 0.224 e. The second-order valence-corrected chi connectivity index (χ2v) is 7.54. The average molecular weight is 404 g/mol. The zero-order valence-electron chi connectivity index (χ0n) is 16.2. The molecular weight excluding hydrogens is 382 g/mol. The topological polar surface area (TPSA) is 57.8 Å². The summed E-state index contributed by atoms with van der Waals surface area (Å²) >= 11 is 6.24. The first-order chi connectivity index (χ1) is 14.1. The van der Waals surface area contributed by atoms with Crippen molar-refractivity contribution < 1.29 is 4.79 Å². The summed E-state index contributed by atoms with van der Waals surface area (Å²) in [5.41, 5.74) is 5.97. The predicted octanol–water partition coefficient (Wildman–Crippen LogP) is 6.15. The largest absolute Gasteiger partial charge is 0.353 e. The number of aryl methyl sites for hydroxylation is 2. The number of rotatable bonds is 6. The number of nitrogens with one attached hydrogen (secondary N) is 2. The molecule has 0 unspecified atom stereocenters. The molecule has 0 saturated heterocycles. The first-order valence-electron chi connectivity index (χ1n) is 9.69. The molecule has 29 heavy (non-hydrogen) atoms. The molecule has 0 aliphatic rings. The molecule has 4 aromatic rings. The third-order valence-corrected chi connectivity index (χ3v) is 5.27. The summed E-state index contributed by atoms with van der Waals surface area (Å²) in [6.45, 7) is 1.99. The summed E-state index contributed by atoms with van der Waals surface area (Å²) in [5.74, 6) is 0.0246. The zero-order chi connectivity index (χ0) is 20.2. The number of pyridine rings is 1. The average Bonchev–Trinajstić information content (AvgIpc) is 3.08. The smallest absolute Gasteiger partial charge is 0.224 e. The first-order valence-corrected chi connectivity index (χ1v) is 10.1. The van der Waals surface area contributed by atoms with E-state index in [0.29, 0.717) is 11.4 Å². The number of halogens is 1. The van der Waals surface area contributed by atoms with Gasteiger partial charge in [0.1, 0.15) is 0 Å². The van der Waals surface area contributed by atoms with Crippen molar-refractivity contribution in [1.29, 1.82) is 0 Å². The number of nitrogens with zero attached hydrogens (tertiary/aromatic N) is 1. The van der Waals surface area contributed by atoms with Crippen molar-refractivity contribution in [2.45, 2.75) is 26.2 Å². The van der Waals surface area contributed by atoms with Gasteiger partial charge in [0.05, 0.1) is 11.4 Å². The summed E-state index contributed by atoms with van der Waals surface area (Å²) in [6.07, 6.45) is 3.72. The third-order valence-electron chi connectivity index (χ3n) is 5.04. The number of H-pyrrole nitrogens is 1. The van der Waals surface area contributed by atoms with Crippen LogP contribution < -0.4 is 5.32 Å². The number of carbonyl (C=O) groups excluding carboxylic acids is 1. The Balaban J connectivity index is 1.53. The van der Waals surface area contributed by atoms with E-state index in [1.54, 1.807) is 6.20 Å². The van der Waals surface area contributed by atoms with Crippen LogP contribution in [0.5, 0.6) is 0 Å². The number of hydrogen-bond donors (Lipinski definition) is 2. The molecule has 0 aliphatic carbocycles. The Bertz CT molecular complexity index is 1150. The number of fused-ring (bicyclic) bond motifs is 1. The van der Waals surface area contributed by atoms with E-state index < -0.39 is 0 Å². The van der Waals surface area contributed by atoms with E-state index >= 15 is 0 Å². The summed E-state index contributed by atoms with van der Waals surface area (Å²) in [4.78, 5) is 20.4. The van der Waals surface area contributed by atoms with Crippen molar-refractivity contribution in [3.8, 4) is 11.4 Å². The van der Waals surface area contributed by atoms with Crippen molar-refractivity contribution in [2.24, 2.45) is 0 Å². The molecule has 146 valence electrons. The van der Waals surface area contributed by atoms with Crippen LogP contribution in [0.25, 0.3) is 22.3 Å². The summed E-state index contributed by atoms with van der Waals surface area (Å²) < 4.78 is 0. The van der Waals surface area contributed by atoms with Crippen LogP contribution in [0.1, 0.15) is 24.0 Å². The van der Waals surface area contributed by atoms with Crippen molar-refractivity contribution in [3.05, 3.63) is 83.0 Å². The molecule has 0 saturated carbocycles. The highest BCUT2D eigenvalue weighted by Gasteiger charge is 2.15. The highest BCUT2D eigenvalue weighted by Crippen LogP contribution is 2.32. The first kappa shape index (κ1) is 19.2. The maximum atomic E-state index is 12.4. The number of amides is 1. The molecule has 5 heteroatoms. The van der Waals surface area contributed by atoms with Gasteiger partial charge in [0, 0.05) is 34.2 Å². The number of para-hydroxylation sites is 1. The standard InChI is InChI=1S/C24H22ClN3O/c1-16-7-2-3-9-20(16)27-23(29)11-6-8-18-19-15-17(25)12-13-21(19)28-24(18)22-10-4-5-14-26-22/h2-5,7,9-10,12-15,28H,6,8,11H2,1H3,(H,27,29). The van der Waals surface area contributed by atoms with E-state index in [0.717, 1.165) is 51.9 Å². The SMILES string of the molecule is Cc1ccccc1NC(=O)CCCc1c(-c2ccccn2)[nH]c2ccc(Cl)cc12. The van der Waals surface area contributed by atoms with Gasteiger partial charge in [-0.25, -0.2) is 0 Å². The second kappa shape index (κ2) is 8.50. The number of carbonyl (C=O) groups is 1. The Morgan fingerprint density at radius 3 is 2.72 bits per heavy atom. The number of anilines is 1. The van der Waals surface area contributed by atoms with Gasteiger partial charge in [-0.1, -0.05) is 35.9 Å². The molecular formula is C24H22ClN3O. The molecule has 2 aromatic carbocycles. The van der Waals surface area contributed by atoms with Crippen molar-refractivity contribution in [3.63, 3.8) is 0 Å². The summed E-state index contributed by atoms with van der Waals surface area (Å²) in [7, 11) is 0. The summed E-state index contributed by atoms with van der Waals surface area (Å²) in [5, 5.41) is 4.78. The highest BCUT2D eigenvalue weighted by molar-refractivity contribution is 6.31. The second-order valence-electron chi connectivity index (χ2n) is 7.10. The zero-order valence-corrected chi connectivity index (χ0v) is 17.0. The minimum atomic E-state index is 0.0246. The Labute approximate surface area is 174 Å². The van der Waals surface area contributed by atoms with Crippen molar-refractivity contribution >= 4 is 34.1 Å². The molecule has 1 amide bonds. The van der Waals surface area contributed by atoms with Gasteiger partial charge in [-0.15, -0.1) is 0 Å². The number of aromatic nitrogens is 2. The van der Waals surface area contributed by atoms with Crippen LogP contribution in [0.4, 0.5) is 5.69 Å². The van der Waals surface area contributed by atoms with E-state index in [4.69, 9.17) is 11.6 Å². The summed E-state index contributed by atoms with van der Waals surface area (Å²) in [6, 6.07) is 19.5. The van der Waals surface area contributed by atoms with Crippen LogP contribution in [0.15, 0.2) is 66.9 Å². The molecule has 2 aromatic heterocycles. The highest BCUT2D eigenvalue weighted by atomic mass is 35.5. The molecule has 2 N–H and O–H groups in total. The molecule has 0 aliphatic heterocycles. The quantitative estimate of drug-likeness (QED) is 0.405. The molecule has 4 nitrogen and oxygen atoms in total.